The number of nitrogens with two attached hydrogens (primary N) is 1. The molecule has 2 heterocycles. The lowest BCUT2D eigenvalue weighted by Gasteiger charge is -2.06. The zero-order valence-electron chi connectivity index (χ0n) is 15.5. The molecular formula is C17H20N8O3. The van der Waals surface area contributed by atoms with E-state index >= 15 is 0 Å². The van der Waals surface area contributed by atoms with E-state index in [1.54, 1.807) is 6.92 Å². The minimum Gasteiger partial charge on any atom is -0.488 e. The third-order valence-corrected chi connectivity index (χ3v) is 3.70. The van der Waals surface area contributed by atoms with E-state index in [-0.39, 0.29) is 23.9 Å². The fourth-order valence-electron chi connectivity index (χ4n) is 2.38. The minimum absolute atomic E-state index is 0.0566. The summed E-state index contributed by atoms with van der Waals surface area (Å²) in [6, 6.07) is 9.33. The standard InChI is InChI=1S/C17H20N8O3/c1-3-7-13-14(20-24-25(13)16-15(18)22-28-23-16)17(26)21-19-11(2)10-27-12-8-5-4-6-9-12/h4-6,8-9H,3,7,10H2,1-2H3,(H2,18,22)(H,21,26)/b19-11+. The van der Waals surface area contributed by atoms with Crippen LogP contribution in [0.1, 0.15) is 36.5 Å². The van der Waals surface area contributed by atoms with E-state index in [4.69, 9.17) is 10.5 Å². The Hall–Kier alpha value is -3.76. The monoisotopic (exact) mass is 384 g/mol. The van der Waals surface area contributed by atoms with E-state index in [1.807, 2.05) is 37.3 Å². The Morgan fingerprint density at radius 3 is 2.79 bits per heavy atom. The van der Waals surface area contributed by atoms with Crippen LogP contribution in [0, 0.1) is 0 Å². The molecule has 1 aromatic carbocycles. The van der Waals surface area contributed by atoms with Crippen molar-refractivity contribution in [3.05, 3.63) is 41.7 Å². The molecule has 0 unspecified atom stereocenters. The first-order chi connectivity index (χ1) is 13.6. The second-order valence-electron chi connectivity index (χ2n) is 5.91. The molecule has 0 fully saturated rings. The topological polar surface area (TPSA) is 146 Å². The van der Waals surface area contributed by atoms with Crippen LogP contribution < -0.4 is 15.9 Å². The third-order valence-electron chi connectivity index (χ3n) is 3.70. The van der Waals surface area contributed by atoms with E-state index in [1.165, 1.54) is 4.68 Å². The van der Waals surface area contributed by atoms with Crippen LogP contribution in [0.15, 0.2) is 40.1 Å². The lowest BCUT2D eigenvalue weighted by molar-refractivity contribution is 0.0948. The van der Waals surface area contributed by atoms with Crippen molar-refractivity contribution in [2.45, 2.75) is 26.7 Å². The van der Waals surface area contributed by atoms with E-state index in [2.05, 4.69) is 35.8 Å². The molecule has 0 aliphatic carbocycles. The molecule has 11 heteroatoms. The highest BCUT2D eigenvalue weighted by molar-refractivity contribution is 5.94. The highest BCUT2D eigenvalue weighted by Crippen LogP contribution is 2.17. The van der Waals surface area contributed by atoms with Crippen LogP contribution in [0.2, 0.25) is 0 Å². The van der Waals surface area contributed by atoms with Crippen LogP contribution in [0.3, 0.4) is 0 Å². The van der Waals surface area contributed by atoms with Gasteiger partial charge in [0.1, 0.15) is 12.4 Å². The number of hydrogen-bond acceptors (Lipinski definition) is 9. The van der Waals surface area contributed by atoms with Gasteiger partial charge in [-0.1, -0.05) is 36.8 Å². The Labute approximate surface area is 160 Å². The van der Waals surface area contributed by atoms with Crippen LogP contribution in [-0.2, 0) is 6.42 Å². The number of hydrazone groups is 1. The summed E-state index contributed by atoms with van der Waals surface area (Å²) in [5.74, 6) is 0.464. The Morgan fingerprint density at radius 1 is 1.32 bits per heavy atom. The van der Waals surface area contributed by atoms with E-state index < -0.39 is 5.91 Å². The highest BCUT2D eigenvalue weighted by Gasteiger charge is 2.23. The van der Waals surface area contributed by atoms with Gasteiger partial charge in [-0.25, -0.2) is 10.1 Å². The zero-order chi connectivity index (χ0) is 19.9. The average Bonchev–Trinajstić information content (AvgIpc) is 3.31. The van der Waals surface area contributed by atoms with Crippen LogP contribution in [-0.4, -0.2) is 43.5 Å². The maximum atomic E-state index is 12.5. The molecule has 0 bridgehead atoms. The fraction of sp³-hybridized carbons (Fsp3) is 0.294. The number of aromatic nitrogens is 5. The fourth-order valence-corrected chi connectivity index (χ4v) is 2.38. The zero-order valence-corrected chi connectivity index (χ0v) is 15.5. The Bertz CT molecular complexity index is 964. The number of nitrogen functional groups attached to an aromatic ring is 1. The number of para-hydroxylation sites is 1. The molecule has 2 aromatic heterocycles. The van der Waals surface area contributed by atoms with Crippen molar-refractivity contribution in [2.24, 2.45) is 5.10 Å². The molecule has 0 aliphatic heterocycles. The van der Waals surface area contributed by atoms with Crippen molar-refractivity contribution in [2.75, 3.05) is 12.3 Å². The molecule has 0 saturated heterocycles. The van der Waals surface area contributed by atoms with Crippen molar-refractivity contribution in [3.8, 4) is 11.6 Å². The Balaban J connectivity index is 1.70. The summed E-state index contributed by atoms with van der Waals surface area (Å²) >= 11 is 0. The number of anilines is 1. The van der Waals surface area contributed by atoms with Gasteiger partial charge in [-0.05, 0) is 35.8 Å². The van der Waals surface area contributed by atoms with Crippen LogP contribution in [0.4, 0.5) is 5.82 Å². The van der Waals surface area contributed by atoms with Gasteiger partial charge >= 0.3 is 0 Å². The van der Waals surface area contributed by atoms with Gasteiger partial charge in [0.05, 0.1) is 11.4 Å². The number of amides is 1. The summed E-state index contributed by atoms with van der Waals surface area (Å²) in [5, 5.41) is 19.2. The van der Waals surface area contributed by atoms with E-state index in [0.29, 0.717) is 17.8 Å². The maximum Gasteiger partial charge on any atom is 0.293 e. The van der Waals surface area contributed by atoms with Gasteiger partial charge in [-0.15, -0.1) is 5.10 Å². The molecule has 3 aromatic rings. The summed E-state index contributed by atoms with van der Waals surface area (Å²) in [6.07, 6.45) is 1.29. The minimum atomic E-state index is -0.496. The number of carbonyl (C=O) groups excluding carboxylic acids is 1. The van der Waals surface area contributed by atoms with Gasteiger partial charge in [0.15, 0.2) is 5.69 Å². The molecular weight excluding hydrogens is 364 g/mol. The summed E-state index contributed by atoms with van der Waals surface area (Å²) in [5.41, 5.74) is 9.44. The number of nitrogens with one attached hydrogen (secondary N) is 1. The van der Waals surface area contributed by atoms with Gasteiger partial charge in [0.25, 0.3) is 5.91 Å². The number of ether oxygens (including phenoxy) is 1. The normalized spacial score (nSPS) is 11.4. The third kappa shape index (κ3) is 4.31. The average molecular weight is 384 g/mol. The summed E-state index contributed by atoms with van der Waals surface area (Å²) in [6.45, 7) is 3.95. The molecule has 0 spiro atoms. The number of benzene rings is 1. The van der Waals surface area contributed by atoms with E-state index in [0.717, 1.165) is 12.2 Å². The second-order valence-corrected chi connectivity index (χ2v) is 5.91. The lowest BCUT2D eigenvalue weighted by Crippen LogP contribution is -2.23. The first-order valence-corrected chi connectivity index (χ1v) is 8.64. The smallest absolute Gasteiger partial charge is 0.293 e. The van der Waals surface area contributed by atoms with Gasteiger partial charge in [0.2, 0.25) is 11.6 Å². The van der Waals surface area contributed by atoms with Crippen LogP contribution in [0.5, 0.6) is 5.75 Å². The molecule has 146 valence electrons. The molecule has 3 rings (SSSR count). The number of carbonyl (C=O) groups is 1. The maximum absolute atomic E-state index is 12.5. The molecule has 3 N–H and O–H groups in total. The van der Waals surface area contributed by atoms with Crippen LogP contribution in [0.25, 0.3) is 5.82 Å². The first kappa shape index (κ1) is 19.0. The number of rotatable bonds is 8. The quantitative estimate of drug-likeness (QED) is 0.437. The molecule has 0 aliphatic rings. The SMILES string of the molecule is CCCc1c(C(=O)N/N=C(\C)COc2ccccc2)nnn1-c1nonc1N. The van der Waals surface area contributed by atoms with Crippen molar-refractivity contribution in [1.82, 2.24) is 30.7 Å². The van der Waals surface area contributed by atoms with Crippen molar-refractivity contribution in [1.29, 1.82) is 0 Å². The molecule has 1 amide bonds. The van der Waals surface area contributed by atoms with Crippen molar-refractivity contribution < 1.29 is 14.2 Å². The highest BCUT2D eigenvalue weighted by atomic mass is 16.6. The van der Waals surface area contributed by atoms with Gasteiger partial charge in [-0.3, -0.25) is 4.79 Å². The second kappa shape index (κ2) is 8.75. The molecule has 0 saturated carbocycles. The Kier molecular flexibility index (Phi) is 5.94. The number of hydrogen-bond donors (Lipinski definition) is 2. The lowest BCUT2D eigenvalue weighted by atomic mass is 10.2. The van der Waals surface area contributed by atoms with Crippen molar-refractivity contribution >= 4 is 17.4 Å². The largest absolute Gasteiger partial charge is 0.488 e. The van der Waals surface area contributed by atoms with Gasteiger partial charge in [-0.2, -0.15) is 9.78 Å². The molecule has 11 nitrogen and oxygen atoms in total. The van der Waals surface area contributed by atoms with E-state index in [9.17, 15) is 4.79 Å². The summed E-state index contributed by atoms with van der Waals surface area (Å²) < 4.78 is 11.5. The van der Waals surface area contributed by atoms with Gasteiger partial charge < -0.3 is 10.5 Å². The van der Waals surface area contributed by atoms with Gasteiger partial charge in [0, 0.05) is 0 Å². The van der Waals surface area contributed by atoms with Crippen LogP contribution >= 0.6 is 0 Å². The Morgan fingerprint density at radius 2 is 2.11 bits per heavy atom. The first-order valence-electron chi connectivity index (χ1n) is 8.64. The molecule has 0 radical (unpaired) electrons. The van der Waals surface area contributed by atoms with Crippen molar-refractivity contribution in [3.63, 3.8) is 0 Å². The molecule has 28 heavy (non-hydrogen) atoms. The predicted octanol–water partition coefficient (Wildman–Crippen LogP) is 1.37. The number of nitrogens with zero attached hydrogens (tertiary/aromatic N) is 6. The predicted molar refractivity (Wildman–Crippen MR) is 100 cm³/mol. The summed E-state index contributed by atoms with van der Waals surface area (Å²) in [7, 11) is 0. The summed E-state index contributed by atoms with van der Waals surface area (Å²) in [4.78, 5) is 12.5. The molecule has 0 atom stereocenters.